The van der Waals surface area contributed by atoms with Gasteiger partial charge in [-0.05, 0) is 60.4 Å². The van der Waals surface area contributed by atoms with Crippen LogP contribution in [0.15, 0.2) is 55.0 Å². The van der Waals surface area contributed by atoms with Crippen LogP contribution in [0.1, 0.15) is 55.1 Å². The maximum atomic E-state index is 14.7. The largest absolute Gasteiger partial charge is 0.475 e. The zero-order valence-electron chi connectivity index (χ0n) is 21.1. The van der Waals surface area contributed by atoms with Crippen molar-refractivity contribution in [3.8, 4) is 28.4 Å². The van der Waals surface area contributed by atoms with Crippen LogP contribution in [0.25, 0.3) is 22.5 Å². The fourth-order valence-electron chi connectivity index (χ4n) is 6.45. The van der Waals surface area contributed by atoms with E-state index in [-0.39, 0.29) is 30.4 Å². The summed E-state index contributed by atoms with van der Waals surface area (Å²) in [6, 6.07) is 10.8. The molecular formula is C29H28FN5O2. The quantitative estimate of drug-likeness (QED) is 0.400. The third-order valence-electron chi connectivity index (χ3n) is 8.31. The van der Waals surface area contributed by atoms with E-state index >= 15 is 0 Å². The maximum Gasteiger partial charge on any atom is 0.213 e. The standard InChI is InChI=1S/C29H28FN5O2/c1-17-5-4-6-21(30)26(17)22-13-19-20-9-10-29(28(20,2)3,27(19)35-34-22)24-16-31-15-23(33-24)18-7-8-25(32-14-18)37-12-11-36/h4-8,13-16,20,36H,9-12H2,1-3H3/t20-,29-/m0/s1. The summed E-state index contributed by atoms with van der Waals surface area (Å²) in [5, 5.41) is 18.2. The molecule has 0 spiro atoms. The third-order valence-corrected chi connectivity index (χ3v) is 8.31. The molecule has 3 heterocycles. The molecule has 7 nitrogen and oxygen atoms in total. The molecular weight excluding hydrogens is 469 g/mol. The zero-order valence-corrected chi connectivity index (χ0v) is 21.1. The molecule has 0 radical (unpaired) electrons. The molecule has 4 aromatic rings. The minimum absolute atomic E-state index is 0.0679. The number of hydrogen-bond acceptors (Lipinski definition) is 7. The number of fused-ring (bicyclic) bond motifs is 5. The van der Waals surface area contributed by atoms with E-state index in [9.17, 15) is 4.39 Å². The Morgan fingerprint density at radius 1 is 1.08 bits per heavy atom. The van der Waals surface area contributed by atoms with Crippen LogP contribution in [0.4, 0.5) is 4.39 Å². The molecule has 188 valence electrons. The number of aliphatic hydroxyl groups excluding tert-OH is 1. The summed E-state index contributed by atoms with van der Waals surface area (Å²) in [6.45, 7) is 6.56. The Kier molecular flexibility index (Phi) is 5.53. The summed E-state index contributed by atoms with van der Waals surface area (Å²) in [5.41, 5.74) is 5.76. The van der Waals surface area contributed by atoms with Crippen LogP contribution in [0, 0.1) is 18.2 Å². The van der Waals surface area contributed by atoms with Gasteiger partial charge in [-0.3, -0.25) is 4.98 Å². The van der Waals surface area contributed by atoms with Gasteiger partial charge in [-0.25, -0.2) is 14.4 Å². The lowest BCUT2D eigenvalue weighted by Crippen LogP contribution is -2.38. The van der Waals surface area contributed by atoms with Gasteiger partial charge in [0.1, 0.15) is 12.4 Å². The van der Waals surface area contributed by atoms with Gasteiger partial charge in [-0.2, -0.15) is 10.2 Å². The van der Waals surface area contributed by atoms with Crippen molar-refractivity contribution in [2.45, 2.75) is 44.9 Å². The topological polar surface area (TPSA) is 93.9 Å². The number of pyridine rings is 1. The van der Waals surface area contributed by atoms with Crippen LogP contribution in [0.3, 0.4) is 0 Å². The van der Waals surface area contributed by atoms with E-state index in [1.54, 1.807) is 24.5 Å². The fourth-order valence-corrected chi connectivity index (χ4v) is 6.45. The van der Waals surface area contributed by atoms with Crippen molar-refractivity contribution in [3.05, 3.63) is 83.3 Å². The van der Waals surface area contributed by atoms with Crippen molar-refractivity contribution in [1.29, 1.82) is 0 Å². The van der Waals surface area contributed by atoms with Crippen molar-refractivity contribution in [3.63, 3.8) is 0 Å². The SMILES string of the molecule is Cc1cccc(F)c1-c1cc2c(nn1)[C@@]1(c3cncc(-c4ccc(OCCO)nc4)n3)CC[C@@H]2C1(C)C. The van der Waals surface area contributed by atoms with Gasteiger partial charge in [-0.1, -0.05) is 26.0 Å². The molecule has 2 atom stereocenters. The summed E-state index contributed by atoms with van der Waals surface area (Å²) in [4.78, 5) is 14.0. The lowest BCUT2D eigenvalue weighted by atomic mass is 9.66. The second kappa shape index (κ2) is 8.66. The van der Waals surface area contributed by atoms with Crippen LogP contribution in [-0.2, 0) is 5.41 Å². The first kappa shape index (κ1) is 23.6. The summed E-state index contributed by atoms with van der Waals surface area (Å²) < 4.78 is 20.1. The number of aromatic nitrogens is 5. The molecule has 2 aliphatic rings. The van der Waals surface area contributed by atoms with Gasteiger partial charge in [0.2, 0.25) is 5.88 Å². The fraction of sp³-hybridized carbons (Fsp3) is 0.345. The zero-order chi connectivity index (χ0) is 25.8. The molecule has 1 fully saturated rings. The third kappa shape index (κ3) is 3.46. The van der Waals surface area contributed by atoms with Crippen molar-refractivity contribution in [1.82, 2.24) is 25.1 Å². The van der Waals surface area contributed by atoms with Crippen LogP contribution < -0.4 is 4.74 Å². The number of nitrogens with zero attached hydrogens (tertiary/aromatic N) is 5. The normalized spacial score (nSPS) is 21.2. The second-order valence-corrected chi connectivity index (χ2v) is 10.4. The monoisotopic (exact) mass is 497 g/mol. The molecule has 0 unspecified atom stereocenters. The van der Waals surface area contributed by atoms with Gasteiger partial charge in [0.05, 0.1) is 41.0 Å². The highest BCUT2D eigenvalue weighted by Gasteiger charge is 2.65. The van der Waals surface area contributed by atoms with Crippen molar-refractivity contribution in [2.75, 3.05) is 13.2 Å². The first-order valence-corrected chi connectivity index (χ1v) is 12.5. The maximum absolute atomic E-state index is 14.7. The van der Waals surface area contributed by atoms with E-state index < -0.39 is 5.41 Å². The van der Waals surface area contributed by atoms with Crippen molar-refractivity contribution >= 4 is 0 Å². The van der Waals surface area contributed by atoms with E-state index in [2.05, 4.69) is 28.9 Å². The van der Waals surface area contributed by atoms with Gasteiger partial charge >= 0.3 is 0 Å². The Morgan fingerprint density at radius 2 is 1.95 bits per heavy atom. The number of aliphatic hydroxyl groups is 1. The first-order chi connectivity index (χ1) is 17.9. The average molecular weight is 498 g/mol. The molecule has 2 bridgehead atoms. The highest BCUT2D eigenvalue weighted by Crippen LogP contribution is 2.69. The number of benzene rings is 1. The molecule has 0 amide bonds. The van der Waals surface area contributed by atoms with Gasteiger partial charge < -0.3 is 9.84 Å². The van der Waals surface area contributed by atoms with Gasteiger partial charge in [-0.15, -0.1) is 0 Å². The Balaban J connectivity index is 1.43. The van der Waals surface area contributed by atoms with E-state index in [1.165, 1.54) is 6.07 Å². The highest BCUT2D eigenvalue weighted by molar-refractivity contribution is 5.67. The molecule has 1 N–H and O–H groups in total. The lowest BCUT2D eigenvalue weighted by Gasteiger charge is -2.37. The van der Waals surface area contributed by atoms with Crippen LogP contribution in [-0.4, -0.2) is 43.5 Å². The Morgan fingerprint density at radius 3 is 2.70 bits per heavy atom. The summed E-state index contributed by atoms with van der Waals surface area (Å²) in [5.74, 6) is 0.423. The highest BCUT2D eigenvalue weighted by atomic mass is 19.1. The Labute approximate surface area is 214 Å². The van der Waals surface area contributed by atoms with Gasteiger partial charge in [0, 0.05) is 29.6 Å². The van der Waals surface area contributed by atoms with Crippen LogP contribution in [0.5, 0.6) is 5.88 Å². The second-order valence-electron chi connectivity index (χ2n) is 10.4. The van der Waals surface area contributed by atoms with Crippen molar-refractivity contribution in [2.24, 2.45) is 5.41 Å². The molecule has 6 rings (SSSR count). The van der Waals surface area contributed by atoms with E-state index in [4.69, 9.17) is 19.9 Å². The van der Waals surface area contributed by atoms with E-state index in [1.807, 2.05) is 31.3 Å². The Bertz CT molecular complexity index is 1470. The summed E-state index contributed by atoms with van der Waals surface area (Å²) in [6.07, 6.45) is 7.16. The van der Waals surface area contributed by atoms with E-state index in [0.717, 1.165) is 40.9 Å². The predicted octanol–water partition coefficient (Wildman–Crippen LogP) is 5.02. The lowest BCUT2D eigenvalue weighted by molar-refractivity contribution is 0.196. The molecule has 2 aliphatic carbocycles. The predicted molar refractivity (Wildman–Crippen MR) is 137 cm³/mol. The average Bonchev–Trinajstić information content (AvgIpc) is 3.28. The summed E-state index contributed by atoms with van der Waals surface area (Å²) in [7, 11) is 0. The minimum Gasteiger partial charge on any atom is -0.475 e. The van der Waals surface area contributed by atoms with E-state index in [0.29, 0.717) is 22.8 Å². The van der Waals surface area contributed by atoms with Crippen LogP contribution >= 0.6 is 0 Å². The molecule has 1 aromatic carbocycles. The number of aryl methyl sites for hydroxylation is 1. The molecule has 1 saturated carbocycles. The molecule has 0 saturated heterocycles. The van der Waals surface area contributed by atoms with Crippen LogP contribution in [0.2, 0.25) is 0 Å². The van der Waals surface area contributed by atoms with Gasteiger partial charge in [0.15, 0.2) is 0 Å². The molecule has 8 heteroatoms. The number of rotatable bonds is 6. The van der Waals surface area contributed by atoms with Crippen molar-refractivity contribution < 1.29 is 14.2 Å². The Hall–Kier alpha value is -3.78. The number of ether oxygens (including phenoxy) is 1. The van der Waals surface area contributed by atoms with Gasteiger partial charge in [0.25, 0.3) is 0 Å². The minimum atomic E-state index is -0.441. The number of halogens is 1. The first-order valence-electron chi connectivity index (χ1n) is 12.5. The smallest absolute Gasteiger partial charge is 0.213 e. The molecule has 3 aromatic heterocycles. The molecule has 37 heavy (non-hydrogen) atoms. The number of hydrogen-bond donors (Lipinski definition) is 1. The molecule has 0 aliphatic heterocycles. The summed E-state index contributed by atoms with van der Waals surface area (Å²) >= 11 is 0.